The van der Waals surface area contributed by atoms with Crippen LogP contribution in [0.15, 0.2) is 82.6 Å². The molecule has 0 saturated heterocycles. The molecule has 0 radical (unpaired) electrons. The quantitative estimate of drug-likeness (QED) is 0.337. The van der Waals surface area contributed by atoms with E-state index in [-0.39, 0.29) is 10.2 Å². The summed E-state index contributed by atoms with van der Waals surface area (Å²) in [5, 5.41) is -0.0345. The van der Waals surface area contributed by atoms with Gasteiger partial charge in [-0.05, 0) is 83.9 Å². The predicted molar refractivity (Wildman–Crippen MR) is 113 cm³/mol. The summed E-state index contributed by atoms with van der Waals surface area (Å²) < 4.78 is 0. The van der Waals surface area contributed by atoms with Gasteiger partial charge in [0.25, 0.3) is 0 Å². The normalized spacial score (nSPS) is 10.7. The molecule has 0 atom stereocenters. The molecule has 0 aliphatic heterocycles. The van der Waals surface area contributed by atoms with Crippen molar-refractivity contribution in [1.82, 2.24) is 0 Å². The van der Waals surface area contributed by atoms with Crippen LogP contribution in [-0.4, -0.2) is 10.2 Å². The Morgan fingerprint density at radius 1 is 0.692 bits per heavy atom. The van der Waals surface area contributed by atoms with Gasteiger partial charge in [0, 0.05) is 9.79 Å². The zero-order valence-electron chi connectivity index (χ0n) is 14.8. The molecule has 0 amide bonds. The molecule has 0 aromatic heterocycles. The highest BCUT2D eigenvalue weighted by Crippen LogP contribution is 2.24. The monoisotopic (exact) mass is 380 g/mol. The van der Waals surface area contributed by atoms with E-state index in [0.29, 0.717) is 11.1 Å². The molecule has 2 aromatic rings. The Bertz CT molecular complexity index is 787. The third kappa shape index (κ3) is 6.21. The first kappa shape index (κ1) is 20.0. The number of thioether (sulfide) groups is 2. The van der Waals surface area contributed by atoms with Crippen molar-refractivity contribution in [2.45, 2.75) is 23.6 Å². The van der Waals surface area contributed by atoms with E-state index in [4.69, 9.17) is 0 Å². The Kier molecular flexibility index (Phi) is 7.25. The maximum Gasteiger partial charge on any atom is 0.219 e. The van der Waals surface area contributed by atoms with Crippen LogP contribution >= 0.6 is 23.5 Å². The van der Waals surface area contributed by atoms with E-state index < -0.39 is 0 Å². The highest BCUT2D eigenvalue weighted by Gasteiger charge is 2.05. The van der Waals surface area contributed by atoms with Crippen LogP contribution in [-0.2, 0) is 9.59 Å². The molecule has 26 heavy (non-hydrogen) atoms. The fourth-order valence-electron chi connectivity index (χ4n) is 1.87. The van der Waals surface area contributed by atoms with Crippen LogP contribution in [0.2, 0.25) is 0 Å². The number of carbonyl (C=O) groups excluding carboxylic acids is 2. The number of hydrogen-bond donors (Lipinski definition) is 0. The Labute approximate surface area is 163 Å². The lowest BCUT2D eigenvalue weighted by atomic mass is 10.1. The predicted octanol–water partition coefficient (Wildman–Crippen LogP) is 6.25. The van der Waals surface area contributed by atoms with Crippen molar-refractivity contribution in [3.05, 3.63) is 84.0 Å². The summed E-state index contributed by atoms with van der Waals surface area (Å²) in [5.41, 5.74) is 3.19. The summed E-state index contributed by atoms with van der Waals surface area (Å²) in [5.74, 6) is 0. The third-order valence-corrected chi connectivity index (χ3v) is 5.43. The van der Waals surface area contributed by atoms with Crippen molar-refractivity contribution in [1.29, 1.82) is 0 Å². The van der Waals surface area contributed by atoms with Crippen LogP contribution in [0.3, 0.4) is 0 Å². The van der Waals surface area contributed by atoms with Gasteiger partial charge < -0.3 is 0 Å². The number of carbonyl (C=O) groups is 2. The van der Waals surface area contributed by atoms with Crippen molar-refractivity contribution in [3.63, 3.8) is 0 Å². The zero-order chi connectivity index (χ0) is 19.1. The minimum atomic E-state index is -0.0172. The fourth-order valence-corrected chi connectivity index (χ4v) is 3.20. The smallest absolute Gasteiger partial charge is 0.219 e. The van der Waals surface area contributed by atoms with Gasteiger partial charge in [-0.3, -0.25) is 9.59 Å². The largest absolute Gasteiger partial charge is 0.282 e. The third-order valence-electron chi connectivity index (χ3n) is 3.35. The van der Waals surface area contributed by atoms with E-state index in [9.17, 15) is 9.59 Å². The fraction of sp³-hybridized carbons (Fsp3) is 0.0909. The molecule has 4 heteroatoms. The van der Waals surface area contributed by atoms with Crippen molar-refractivity contribution < 1.29 is 9.59 Å². The lowest BCUT2D eigenvalue weighted by molar-refractivity contribution is -0.108. The Morgan fingerprint density at radius 3 is 1.27 bits per heavy atom. The molecular weight excluding hydrogens is 360 g/mol. The first-order chi connectivity index (χ1) is 12.3. The molecule has 0 unspecified atom stereocenters. The van der Waals surface area contributed by atoms with Gasteiger partial charge in [-0.1, -0.05) is 49.6 Å². The van der Waals surface area contributed by atoms with Crippen LogP contribution in [0.25, 0.3) is 12.2 Å². The second-order valence-electron chi connectivity index (χ2n) is 5.81. The van der Waals surface area contributed by atoms with Gasteiger partial charge in [0.1, 0.15) is 0 Å². The standard InChI is InChI=1S/C22H20O2S2/c1-15(2)21(23)25-19-11-7-17(8-12-19)5-6-18-9-13-20(14-10-18)26-22(24)16(3)4/h5-14H,1,3H2,2,4H3/b6-5+. The topological polar surface area (TPSA) is 34.1 Å². The summed E-state index contributed by atoms with van der Waals surface area (Å²) in [4.78, 5) is 25.1. The van der Waals surface area contributed by atoms with Crippen molar-refractivity contribution in [2.75, 3.05) is 0 Å². The first-order valence-corrected chi connectivity index (χ1v) is 9.62. The molecule has 2 rings (SSSR count). The number of rotatable bonds is 6. The second-order valence-corrected chi connectivity index (χ2v) is 7.90. The minimum Gasteiger partial charge on any atom is -0.282 e. The van der Waals surface area contributed by atoms with Gasteiger partial charge in [-0.15, -0.1) is 0 Å². The highest BCUT2D eigenvalue weighted by atomic mass is 32.2. The Balaban J connectivity index is 1.98. The molecule has 0 N–H and O–H groups in total. The molecule has 0 heterocycles. The van der Waals surface area contributed by atoms with Crippen molar-refractivity contribution >= 4 is 45.9 Å². The van der Waals surface area contributed by atoms with E-state index in [2.05, 4.69) is 13.2 Å². The van der Waals surface area contributed by atoms with Crippen LogP contribution in [0, 0.1) is 0 Å². The van der Waals surface area contributed by atoms with Gasteiger partial charge in [-0.2, -0.15) is 0 Å². The lowest BCUT2D eigenvalue weighted by Crippen LogP contribution is -1.90. The molecule has 0 fully saturated rings. The second kappa shape index (κ2) is 9.41. The van der Waals surface area contributed by atoms with E-state index in [1.54, 1.807) is 13.8 Å². The maximum atomic E-state index is 11.7. The average molecular weight is 381 g/mol. The summed E-state index contributed by atoms with van der Waals surface area (Å²) in [7, 11) is 0. The summed E-state index contributed by atoms with van der Waals surface area (Å²) in [6, 6.07) is 15.6. The highest BCUT2D eigenvalue weighted by molar-refractivity contribution is 8.14. The van der Waals surface area contributed by atoms with Crippen LogP contribution in [0.5, 0.6) is 0 Å². The maximum absolute atomic E-state index is 11.7. The van der Waals surface area contributed by atoms with Crippen LogP contribution < -0.4 is 0 Å². The van der Waals surface area contributed by atoms with Crippen molar-refractivity contribution in [2.24, 2.45) is 0 Å². The summed E-state index contributed by atoms with van der Waals surface area (Å²) in [6.07, 6.45) is 4.02. The van der Waals surface area contributed by atoms with E-state index in [1.165, 1.54) is 23.5 Å². The number of benzene rings is 2. The van der Waals surface area contributed by atoms with E-state index >= 15 is 0 Å². The molecule has 0 spiro atoms. The van der Waals surface area contributed by atoms with E-state index in [1.807, 2.05) is 60.7 Å². The minimum absolute atomic E-state index is 0.0172. The molecule has 0 bridgehead atoms. The SMILES string of the molecule is C=C(C)C(=O)Sc1ccc(/C=C/c2ccc(SC(=O)C(=C)C)cc2)cc1. The van der Waals surface area contributed by atoms with Gasteiger partial charge >= 0.3 is 0 Å². The van der Waals surface area contributed by atoms with Crippen molar-refractivity contribution in [3.8, 4) is 0 Å². The Hall–Kier alpha value is -2.30. The van der Waals surface area contributed by atoms with Gasteiger partial charge in [0.2, 0.25) is 10.2 Å². The number of hydrogen-bond acceptors (Lipinski definition) is 4. The van der Waals surface area contributed by atoms with Crippen LogP contribution in [0.1, 0.15) is 25.0 Å². The van der Waals surface area contributed by atoms with E-state index in [0.717, 1.165) is 20.9 Å². The van der Waals surface area contributed by atoms with Gasteiger partial charge in [0.05, 0.1) is 0 Å². The zero-order valence-corrected chi connectivity index (χ0v) is 16.5. The average Bonchev–Trinajstić information content (AvgIpc) is 2.62. The molecule has 132 valence electrons. The molecule has 2 aromatic carbocycles. The Morgan fingerprint density at radius 2 is 1.00 bits per heavy atom. The molecule has 0 aliphatic carbocycles. The summed E-state index contributed by atoms with van der Waals surface area (Å²) >= 11 is 2.37. The lowest BCUT2D eigenvalue weighted by Gasteiger charge is -2.02. The van der Waals surface area contributed by atoms with Gasteiger partial charge in [-0.25, -0.2) is 0 Å². The summed E-state index contributed by atoms with van der Waals surface area (Å²) in [6.45, 7) is 10.7. The molecule has 0 saturated carbocycles. The molecule has 0 aliphatic rings. The first-order valence-electron chi connectivity index (χ1n) is 7.99. The molecular formula is C22H20O2S2. The van der Waals surface area contributed by atoms with Gasteiger partial charge in [0.15, 0.2) is 0 Å². The molecule has 2 nitrogen and oxygen atoms in total. The van der Waals surface area contributed by atoms with Crippen LogP contribution in [0.4, 0.5) is 0 Å².